The average molecular weight is 375 g/mol. The molecule has 1 atom stereocenters. The summed E-state index contributed by atoms with van der Waals surface area (Å²) >= 11 is 0. The largest absolute Gasteiger partial charge is 0.497 e. The van der Waals surface area contributed by atoms with Gasteiger partial charge < -0.3 is 9.47 Å². The molecule has 2 aromatic carbocycles. The van der Waals surface area contributed by atoms with Crippen LogP contribution < -0.4 is 13.8 Å². The summed E-state index contributed by atoms with van der Waals surface area (Å²) < 4.78 is 39.7. The molecule has 5 nitrogen and oxygen atoms in total. The van der Waals surface area contributed by atoms with Crippen molar-refractivity contribution in [2.24, 2.45) is 5.41 Å². The first kappa shape index (κ1) is 18.6. The van der Waals surface area contributed by atoms with Crippen LogP contribution in [0.2, 0.25) is 0 Å². The van der Waals surface area contributed by atoms with E-state index in [0.29, 0.717) is 23.8 Å². The number of nitrogens with zero attached hydrogens (tertiary/aromatic N) is 1. The van der Waals surface area contributed by atoms with Gasteiger partial charge in [-0.25, -0.2) is 8.42 Å². The summed E-state index contributed by atoms with van der Waals surface area (Å²) in [6.45, 7) is 8.34. The molecule has 1 aliphatic rings. The Morgan fingerprint density at radius 1 is 1.12 bits per heavy atom. The van der Waals surface area contributed by atoms with Gasteiger partial charge in [-0.2, -0.15) is 0 Å². The van der Waals surface area contributed by atoms with E-state index in [0.717, 1.165) is 5.56 Å². The molecule has 140 valence electrons. The monoisotopic (exact) mass is 375 g/mol. The standard InChI is InChI=1S/C20H25NO4S/c1-14-6-11-18-17(12-14)21(19(13-25-18)20(2,3)4)26(22,23)16-9-7-15(24-5)8-10-16/h6-12,19H,13H2,1-5H3/t19-/m1/s1. The van der Waals surface area contributed by atoms with Crippen molar-refractivity contribution < 1.29 is 17.9 Å². The molecule has 1 heterocycles. The lowest BCUT2D eigenvalue weighted by Crippen LogP contribution is -2.53. The van der Waals surface area contributed by atoms with Crippen LogP contribution in [0.3, 0.4) is 0 Å². The van der Waals surface area contributed by atoms with Crippen molar-refractivity contribution in [1.29, 1.82) is 0 Å². The zero-order chi connectivity index (χ0) is 19.1. The number of rotatable bonds is 3. The second-order valence-electron chi connectivity index (χ2n) is 7.64. The van der Waals surface area contributed by atoms with Gasteiger partial charge in [-0.3, -0.25) is 4.31 Å². The number of sulfonamides is 1. The van der Waals surface area contributed by atoms with E-state index < -0.39 is 10.0 Å². The fraction of sp³-hybridized carbons (Fsp3) is 0.400. The van der Waals surface area contributed by atoms with Gasteiger partial charge in [0.25, 0.3) is 10.0 Å². The van der Waals surface area contributed by atoms with Crippen LogP contribution in [0.1, 0.15) is 26.3 Å². The van der Waals surface area contributed by atoms with Crippen LogP contribution in [-0.2, 0) is 10.0 Å². The molecular weight excluding hydrogens is 350 g/mol. The highest BCUT2D eigenvalue weighted by molar-refractivity contribution is 7.92. The number of fused-ring (bicyclic) bond motifs is 1. The molecule has 26 heavy (non-hydrogen) atoms. The summed E-state index contributed by atoms with van der Waals surface area (Å²) in [5, 5.41) is 0. The Balaban J connectivity index is 2.17. The molecule has 0 fully saturated rings. The van der Waals surface area contributed by atoms with Gasteiger partial charge in [-0.1, -0.05) is 26.8 Å². The molecule has 0 N–H and O–H groups in total. The molecule has 0 saturated carbocycles. The van der Waals surface area contributed by atoms with Crippen LogP contribution in [0.25, 0.3) is 0 Å². The maximum atomic E-state index is 13.5. The van der Waals surface area contributed by atoms with Gasteiger partial charge in [0.15, 0.2) is 0 Å². The highest BCUT2D eigenvalue weighted by Crippen LogP contribution is 2.42. The Labute approximate surface area is 155 Å². The maximum Gasteiger partial charge on any atom is 0.264 e. The number of hydrogen-bond acceptors (Lipinski definition) is 4. The predicted octanol–water partition coefficient (Wildman–Crippen LogP) is 4.01. The van der Waals surface area contributed by atoms with Crippen molar-refractivity contribution in [2.45, 2.75) is 38.6 Å². The molecule has 6 heteroatoms. The Kier molecular flexibility index (Phi) is 4.65. The molecule has 0 unspecified atom stereocenters. The van der Waals surface area contributed by atoms with Crippen molar-refractivity contribution in [3.05, 3.63) is 48.0 Å². The maximum absolute atomic E-state index is 13.5. The summed E-state index contributed by atoms with van der Waals surface area (Å²) in [5.41, 5.74) is 1.28. The fourth-order valence-corrected chi connectivity index (χ4v) is 4.91. The molecule has 3 rings (SSSR count). The quantitative estimate of drug-likeness (QED) is 0.813. The molecule has 0 aromatic heterocycles. The zero-order valence-corrected chi connectivity index (χ0v) is 16.6. The van der Waals surface area contributed by atoms with Crippen molar-refractivity contribution in [3.63, 3.8) is 0 Å². The van der Waals surface area contributed by atoms with E-state index in [4.69, 9.17) is 9.47 Å². The van der Waals surface area contributed by atoms with Crippen LogP contribution in [0.5, 0.6) is 11.5 Å². The molecule has 0 radical (unpaired) electrons. The minimum Gasteiger partial charge on any atom is -0.497 e. The third-order valence-corrected chi connectivity index (χ3v) is 6.48. The lowest BCUT2D eigenvalue weighted by Gasteiger charge is -2.43. The SMILES string of the molecule is COc1ccc(S(=O)(=O)N2c3cc(C)ccc3OC[C@@H]2C(C)(C)C)cc1. The second-order valence-corrected chi connectivity index (χ2v) is 9.46. The smallest absolute Gasteiger partial charge is 0.264 e. The molecule has 2 aromatic rings. The normalized spacial score (nSPS) is 17.4. The summed E-state index contributed by atoms with van der Waals surface area (Å²) in [7, 11) is -2.20. The van der Waals surface area contributed by atoms with E-state index in [1.807, 2.05) is 45.9 Å². The predicted molar refractivity (Wildman–Crippen MR) is 103 cm³/mol. The highest BCUT2D eigenvalue weighted by atomic mass is 32.2. The average Bonchev–Trinajstić information content (AvgIpc) is 2.59. The summed E-state index contributed by atoms with van der Waals surface area (Å²) in [5.74, 6) is 1.21. The Hall–Kier alpha value is -2.21. The van der Waals surface area contributed by atoms with Gasteiger partial charge in [0, 0.05) is 0 Å². The zero-order valence-electron chi connectivity index (χ0n) is 15.8. The van der Waals surface area contributed by atoms with Gasteiger partial charge in [0.05, 0.1) is 23.7 Å². The van der Waals surface area contributed by atoms with Gasteiger partial charge in [-0.05, 0) is 54.3 Å². The minimum absolute atomic E-state index is 0.238. The van der Waals surface area contributed by atoms with Crippen molar-refractivity contribution in [3.8, 4) is 11.5 Å². The Morgan fingerprint density at radius 3 is 2.35 bits per heavy atom. The van der Waals surface area contributed by atoms with E-state index in [2.05, 4.69) is 0 Å². The lowest BCUT2D eigenvalue weighted by atomic mass is 9.86. The van der Waals surface area contributed by atoms with E-state index in [9.17, 15) is 8.42 Å². The molecular formula is C20H25NO4S. The fourth-order valence-electron chi connectivity index (χ4n) is 3.09. The third-order valence-electron chi connectivity index (χ3n) is 4.65. The van der Waals surface area contributed by atoms with Gasteiger partial charge in [-0.15, -0.1) is 0 Å². The molecule has 0 spiro atoms. The number of hydrogen-bond donors (Lipinski definition) is 0. The van der Waals surface area contributed by atoms with E-state index >= 15 is 0 Å². The Bertz CT molecular complexity index is 898. The number of aryl methyl sites for hydroxylation is 1. The topological polar surface area (TPSA) is 55.8 Å². The van der Waals surface area contributed by atoms with E-state index in [1.165, 1.54) is 4.31 Å². The van der Waals surface area contributed by atoms with Crippen LogP contribution in [0.15, 0.2) is 47.4 Å². The molecule has 1 aliphatic heterocycles. The number of methoxy groups -OCH3 is 1. The van der Waals surface area contributed by atoms with Crippen molar-refractivity contribution >= 4 is 15.7 Å². The van der Waals surface area contributed by atoms with Crippen LogP contribution in [0, 0.1) is 12.3 Å². The van der Waals surface area contributed by atoms with Gasteiger partial charge >= 0.3 is 0 Å². The molecule has 0 aliphatic carbocycles. The van der Waals surface area contributed by atoms with Gasteiger partial charge in [0.2, 0.25) is 0 Å². The molecule has 0 saturated heterocycles. The third kappa shape index (κ3) is 3.26. The second kappa shape index (κ2) is 6.50. The van der Waals surface area contributed by atoms with Crippen LogP contribution >= 0.6 is 0 Å². The molecule has 0 bridgehead atoms. The first-order valence-electron chi connectivity index (χ1n) is 8.56. The highest BCUT2D eigenvalue weighted by Gasteiger charge is 2.42. The summed E-state index contributed by atoms with van der Waals surface area (Å²) in [6, 6.07) is 11.8. The lowest BCUT2D eigenvalue weighted by molar-refractivity contribution is 0.193. The first-order chi connectivity index (χ1) is 12.1. The minimum atomic E-state index is -3.75. The summed E-state index contributed by atoms with van der Waals surface area (Å²) in [6.07, 6.45) is 0. The van der Waals surface area contributed by atoms with Crippen molar-refractivity contribution in [2.75, 3.05) is 18.0 Å². The van der Waals surface area contributed by atoms with Crippen LogP contribution in [-0.4, -0.2) is 28.2 Å². The van der Waals surface area contributed by atoms with E-state index in [1.54, 1.807) is 31.4 Å². The van der Waals surface area contributed by atoms with Crippen molar-refractivity contribution in [1.82, 2.24) is 0 Å². The molecule has 0 amide bonds. The summed E-state index contributed by atoms with van der Waals surface area (Å²) in [4.78, 5) is 0.238. The van der Waals surface area contributed by atoms with Gasteiger partial charge in [0.1, 0.15) is 18.1 Å². The number of anilines is 1. The first-order valence-corrected chi connectivity index (χ1v) is 10.0. The number of benzene rings is 2. The van der Waals surface area contributed by atoms with E-state index in [-0.39, 0.29) is 16.4 Å². The Morgan fingerprint density at radius 2 is 1.77 bits per heavy atom. The number of ether oxygens (including phenoxy) is 2. The van der Waals surface area contributed by atoms with Crippen LogP contribution in [0.4, 0.5) is 5.69 Å².